The van der Waals surface area contributed by atoms with Crippen LogP contribution < -0.4 is 15.8 Å². The van der Waals surface area contributed by atoms with Gasteiger partial charge in [-0.2, -0.15) is 0 Å². The van der Waals surface area contributed by atoms with E-state index >= 15 is 0 Å². The van der Waals surface area contributed by atoms with Crippen LogP contribution in [-0.4, -0.2) is 39.1 Å². The molecule has 1 aliphatic heterocycles. The van der Waals surface area contributed by atoms with Crippen LogP contribution in [0.3, 0.4) is 0 Å². The van der Waals surface area contributed by atoms with Gasteiger partial charge in [-0.25, -0.2) is 15.0 Å². The fourth-order valence-electron chi connectivity index (χ4n) is 2.99. The molecule has 0 atom stereocenters. The molecule has 3 heterocycles. The molecule has 0 fully saturated rings. The first-order valence-electron chi connectivity index (χ1n) is 8.25. The lowest BCUT2D eigenvalue weighted by molar-refractivity contribution is -0.109. The average Bonchev–Trinajstić information content (AvgIpc) is 3.21. The predicted molar refractivity (Wildman–Crippen MR) is 98.3 cm³/mol. The van der Waals surface area contributed by atoms with Gasteiger partial charge >= 0.3 is 0 Å². The second-order valence-electron chi connectivity index (χ2n) is 5.98. The molecule has 2 aromatic heterocycles. The number of nitrogens with one attached hydrogen (secondary N) is 1. The molecular weight excluding hydrogens is 352 g/mol. The van der Waals surface area contributed by atoms with Crippen LogP contribution in [0, 0.1) is 6.92 Å². The number of nitrogens with two attached hydrogens (primary N) is 1. The maximum absolute atomic E-state index is 10.6. The molecule has 1 aliphatic rings. The molecule has 8 nitrogen and oxygen atoms in total. The highest BCUT2D eigenvalue weighted by Gasteiger charge is 2.19. The minimum atomic E-state index is 0.341. The molecule has 0 saturated heterocycles. The summed E-state index contributed by atoms with van der Waals surface area (Å²) in [6, 6.07) is 4.23. The Balaban J connectivity index is 1.74. The molecule has 134 valence electrons. The van der Waals surface area contributed by atoms with E-state index in [0.29, 0.717) is 36.5 Å². The highest BCUT2D eigenvalue weighted by molar-refractivity contribution is 7.99. The Morgan fingerprint density at radius 3 is 3.15 bits per heavy atom. The highest BCUT2D eigenvalue weighted by Crippen LogP contribution is 2.37. The van der Waals surface area contributed by atoms with E-state index in [9.17, 15) is 4.79 Å². The van der Waals surface area contributed by atoms with Gasteiger partial charge in [-0.1, -0.05) is 17.8 Å². The van der Waals surface area contributed by atoms with E-state index in [1.54, 1.807) is 0 Å². The van der Waals surface area contributed by atoms with Crippen molar-refractivity contribution in [3.63, 3.8) is 0 Å². The lowest BCUT2D eigenvalue weighted by Gasteiger charge is -2.10. The second-order valence-corrected chi connectivity index (χ2v) is 6.98. The number of hydrogen-bond donors (Lipinski definition) is 2. The van der Waals surface area contributed by atoms with Gasteiger partial charge in [0, 0.05) is 24.4 Å². The first-order valence-corrected chi connectivity index (χ1v) is 9.07. The average molecular weight is 370 g/mol. The number of nitrogen functional groups attached to an aromatic ring is 1. The van der Waals surface area contributed by atoms with Gasteiger partial charge in [-0.05, 0) is 24.1 Å². The van der Waals surface area contributed by atoms with E-state index in [4.69, 9.17) is 10.5 Å². The molecule has 0 saturated carbocycles. The first-order chi connectivity index (χ1) is 12.7. The number of nitrogens with zero attached hydrogens (tertiary/aromatic N) is 4. The Labute approximate surface area is 154 Å². The Kier molecular flexibility index (Phi) is 4.37. The summed E-state index contributed by atoms with van der Waals surface area (Å²) >= 11 is 1.53. The Bertz CT molecular complexity index is 987. The fraction of sp³-hybridized carbons (Fsp3) is 0.294. The van der Waals surface area contributed by atoms with Crippen molar-refractivity contribution in [2.45, 2.75) is 29.9 Å². The quantitative estimate of drug-likeness (QED) is 0.500. The Morgan fingerprint density at radius 2 is 2.31 bits per heavy atom. The number of aryl methyl sites for hydroxylation is 1. The van der Waals surface area contributed by atoms with Gasteiger partial charge in [0.1, 0.15) is 12.1 Å². The topological polar surface area (TPSA) is 108 Å². The third kappa shape index (κ3) is 2.94. The molecule has 0 bridgehead atoms. The van der Waals surface area contributed by atoms with Crippen molar-refractivity contribution in [3.8, 4) is 5.75 Å². The number of hydrogen-bond acceptors (Lipinski definition) is 7. The van der Waals surface area contributed by atoms with Crippen LogP contribution in [0.15, 0.2) is 28.5 Å². The number of carbonyl (C=O) groups excluding carboxylic acids is 1. The number of rotatable bonds is 6. The summed E-state index contributed by atoms with van der Waals surface area (Å²) in [5.74, 6) is 1.27. The van der Waals surface area contributed by atoms with E-state index < -0.39 is 0 Å². The summed E-state index contributed by atoms with van der Waals surface area (Å²) in [6.07, 6.45) is 3.05. The zero-order valence-electron chi connectivity index (χ0n) is 14.2. The largest absolute Gasteiger partial charge is 0.493 e. The molecule has 1 amide bonds. The molecule has 0 spiro atoms. The highest BCUT2D eigenvalue weighted by atomic mass is 32.2. The summed E-state index contributed by atoms with van der Waals surface area (Å²) in [5.41, 5.74) is 9.59. The number of imidazole rings is 1. The van der Waals surface area contributed by atoms with E-state index in [1.165, 1.54) is 29.2 Å². The number of aromatic nitrogens is 4. The normalized spacial score (nSPS) is 12.8. The van der Waals surface area contributed by atoms with Crippen molar-refractivity contribution < 1.29 is 9.53 Å². The number of benzene rings is 1. The van der Waals surface area contributed by atoms with Crippen LogP contribution in [-0.2, 0) is 17.8 Å². The number of amides is 1. The lowest BCUT2D eigenvalue weighted by atomic mass is 10.1. The molecule has 4 rings (SSSR count). The maximum atomic E-state index is 10.6. The van der Waals surface area contributed by atoms with E-state index in [2.05, 4.69) is 39.3 Å². The second kappa shape index (κ2) is 6.83. The molecular formula is C17H18N6O2S. The van der Waals surface area contributed by atoms with E-state index in [1.807, 2.05) is 4.57 Å². The molecule has 9 heteroatoms. The van der Waals surface area contributed by atoms with E-state index in [-0.39, 0.29) is 0 Å². The summed E-state index contributed by atoms with van der Waals surface area (Å²) in [4.78, 5) is 24.6. The Hall–Kier alpha value is -2.81. The summed E-state index contributed by atoms with van der Waals surface area (Å²) in [6.45, 7) is 3.81. The summed E-state index contributed by atoms with van der Waals surface area (Å²) in [7, 11) is 0. The summed E-state index contributed by atoms with van der Waals surface area (Å²) in [5, 5.41) is 3.42. The van der Waals surface area contributed by atoms with Crippen molar-refractivity contribution in [1.29, 1.82) is 0 Å². The monoisotopic (exact) mass is 370 g/mol. The van der Waals surface area contributed by atoms with Crippen molar-refractivity contribution >= 4 is 35.2 Å². The lowest BCUT2D eigenvalue weighted by Crippen LogP contribution is -2.18. The fourth-order valence-corrected chi connectivity index (χ4v) is 3.99. The van der Waals surface area contributed by atoms with Crippen LogP contribution in [0.4, 0.5) is 5.82 Å². The van der Waals surface area contributed by atoms with Crippen LogP contribution in [0.5, 0.6) is 5.75 Å². The minimum Gasteiger partial charge on any atom is -0.493 e. The van der Waals surface area contributed by atoms with Gasteiger partial charge < -0.3 is 20.4 Å². The zero-order valence-corrected chi connectivity index (χ0v) is 15.0. The standard InChI is InChI=1S/C17H18N6O2S/c1-10-6-11-2-5-25-12(11)7-13(10)26-17-22-14-15(18)20-8-21-16(14)23(17)4-3-19-9-24/h6-9H,2-5H2,1H3,(H,19,24)(H2,18,20,21). The number of ether oxygens (including phenoxy) is 1. The first kappa shape index (κ1) is 16.6. The molecule has 1 aromatic carbocycles. The summed E-state index contributed by atoms with van der Waals surface area (Å²) < 4.78 is 7.63. The maximum Gasteiger partial charge on any atom is 0.207 e. The molecule has 0 aliphatic carbocycles. The van der Waals surface area contributed by atoms with E-state index in [0.717, 1.165) is 28.8 Å². The molecule has 3 aromatic rings. The molecule has 3 N–H and O–H groups in total. The van der Waals surface area contributed by atoms with Crippen LogP contribution in [0.1, 0.15) is 11.1 Å². The zero-order chi connectivity index (χ0) is 18.1. The minimum absolute atomic E-state index is 0.341. The molecule has 26 heavy (non-hydrogen) atoms. The van der Waals surface area contributed by atoms with Crippen molar-refractivity contribution in [1.82, 2.24) is 24.8 Å². The van der Waals surface area contributed by atoms with Crippen LogP contribution in [0.2, 0.25) is 0 Å². The molecule has 0 unspecified atom stereocenters. The van der Waals surface area contributed by atoms with Crippen LogP contribution >= 0.6 is 11.8 Å². The van der Waals surface area contributed by atoms with Crippen molar-refractivity contribution in [3.05, 3.63) is 29.6 Å². The Morgan fingerprint density at radius 1 is 1.42 bits per heavy atom. The smallest absolute Gasteiger partial charge is 0.207 e. The van der Waals surface area contributed by atoms with Gasteiger partial charge in [0.05, 0.1) is 6.61 Å². The number of carbonyl (C=O) groups is 1. The van der Waals surface area contributed by atoms with Gasteiger partial charge in [0.25, 0.3) is 0 Å². The van der Waals surface area contributed by atoms with Crippen molar-refractivity contribution in [2.24, 2.45) is 0 Å². The third-order valence-electron chi connectivity index (χ3n) is 4.28. The SMILES string of the molecule is Cc1cc2c(cc1Sc1nc3c(N)ncnc3n1CCNC=O)OCC2. The van der Waals surface area contributed by atoms with Crippen LogP contribution in [0.25, 0.3) is 11.2 Å². The van der Waals surface area contributed by atoms with Gasteiger partial charge in [-0.3, -0.25) is 4.79 Å². The number of fused-ring (bicyclic) bond motifs is 2. The third-order valence-corrected chi connectivity index (χ3v) is 5.43. The van der Waals surface area contributed by atoms with Gasteiger partial charge in [-0.15, -0.1) is 0 Å². The van der Waals surface area contributed by atoms with Gasteiger partial charge in [0.2, 0.25) is 6.41 Å². The van der Waals surface area contributed by atoms with Crippen molar-refractivity contribution in [2.75, 3.05) is 18.9 Å². The number of anilines is 1. The molecule has 0 radical (unpaired) electrons. The van der Waals surface area contributed by atoms with Gasteiger partial charge in [0.15, 0.2) is 22.1 Å². The predicted octanol–water partition coefficient (Wildman–Crippen LogP) is 1.55.